The first-order chi connectivity index (χ1) is 9.08. The van der Waals surface area contributed by atoms with Gasteiger partial charge in [-0.25, -0.2) is 0 Å². The smallest absolute Gasteiger partial charge is 0.250 e. The molecule has 5 N–H and O–H groups in total. The number of carbonyl (C=O) groups is 1. The van der Waals surface area contributed by atoms with Crippen LogP contribution in [0.15, 0.2) is 18.2 Å². The van der Waals surface area contributed by atoms with Gasteiger partial charge in [-0.15, -0.1) is 0 Å². The van der Waals surface area contributed by atoms with Gasteiger partial charge in [-0.3, -0.25) is 4.79 Å². The monoisotopic (exact) mass is 264 g/mol. The lowest BCUT2D eigenvalue weighted by Gasteiger charge is -2.30. The molecule has 6 nitrogen and oxygen atoms in total. The molecular formula is C13H20N4O2. The van der Waals surface area contributed by atoms with Gasteiger partial charge in [0, 0.05) is 19.6 Å². The molecule has 0 bridgehead atoms. The van der Waals surface area contributed by atoms with Gasteiger partial charge >= 0.3 is 0 Å². The van der Waals surface area contributed by atoms with E-state index >= 15 is 0 Å². The zero-order valence-corrected chi connectivity index (χ0v) is 11.1. The zero-order valence-electron chi connectivity index (χ0n) is 11.1. The predicted molar refractivity (Wildman–Crippen MR) is 75.1 cm³/mol. The number of hydrogen-bond donors (Lipinski definition) is 3. The fraction of sp³-hybridized carbons (Fsp3) is 0.462. The maximum absolute atomic E-state index is 11.2. The summed E-state index contributed by atoms with van der Waals surface area (Å²) in [5, 5.41) is 3.21. The summed E-state index contributed by atoms with van der Waals surface area (Å²) < 4.78 is 5.65. The van der Waals surface area contributed by atoms with Crippen LogP contribution in [0.1, 0.15) is 10.4 Å². The molecule has 1 fully saturated rings. The lowest BCUT2D eigenvalue weighted by Crippen LogP contribution is -2.43. The number of nitrogen functional groups attached to an aromatic ring is 1. The highest BCUT2D eigenvalue weighted by Crippen LogP contribution is 2.22. The van der Waals surface area contributed by atoms with Crippen LogP contribution in [0.3, 0.4) is 0 Å². The average Bonchev–Trinajstić information content (AvgIpc) is 2.37. The van der Waals surface area contributed by atoms with E-state index in [9.17, 15) is 4.79 Å². The highest BCUT2D eigenvalue weighted by Gasteiger charge is 2.18. The number of likely N-dealkylation sites (N-methyl/N-ethyl adjacent to an activating group) is 1. The van der Waals surface area contributed by atoms with Gasteiger partial charge in [0.05, 0.1) is 29.6 Å². The molecule has 0 radical (unpaired) electrons. The van der Waals surface area contributed by atoms with Crippen molar-refractivity contribution in [2.24, 2.45) is 5.73 Å². The van der Waals surface area contributed by atoms with Crippen LogP contribution in [0.2, 0.25) is 0 Å². The molecule has 1 amide bonds. The quantitative estimate of drug-likeness (QED) is 0.671. The minimum atomic E-state index is -0.519. The van der Waals surface area contributed by atoms with Gasteiger partial charge in [-0.05, 0) is 19.2 Å². The number of nitrogens with one attached hydrogen (secondary N) is 1. The van der Waals surface area contributed by atoms with Gasteiger partial charge in [0.2, 0.25) is 0 Å². The fourth-order valence-electron chi connectivity index (χ4n) is 2.15. The summed E-state index contributed by atoms with van der Waals surface area (Å²) in [5.74, 6) is -0.519. The SMILES string of the molecule is CN1CCOC(CNc2cccc(C(N)=O)c2N)C1. The molecule has 1 atom stereocenters. The van der Waals surface area contributed by atoms with Gasteiger partial charge in [0.15, 0.2) is 0 Å². The number of carbonyl (C=O) groups excluding carboxylic acids is 1. The second-order valence-electron chi connectivity index (χ2n) is 4.77. The normalized spacial score (nSPS) is 20.2. The molecule has 1 aromatic carbocycles. The number of benzene rings is 1. The van der Waals surface area contributed by atoms with Crippen LogP contribution in [0.4, 0.5) is 11.4 Å². The van der Waals surface area contributed by atoms with Crippen LogP contribution in [0.5, 0.6) is 0 Å². The van der Waals surface area contributed by atoms with Crippen LogP contribution in [-0.2, 0) is 4.74 Å². The Hall–Kier alpha value is -1.79. The van der Waals surface area contributed by atoms with E-state index in [4.69, 9.17) is 16.2 Å². The number of primary amides is 1. The summed E-state index contributed by atoms with van der Waals surface area (Å²) in [6.45, 7) is 3.22. The number of morpholine rings is 1. The van der Waals surface area contributed by atoms with Crippen molar-refractivity contribution < 1.29 is 9.53 Å². The van der Waals surface area contributed by atoms with Crippen LogP contribution >= 0.6 is 0 Å². The molecule has 1 aromatic rings. The molecular weight excluding hydrogens is 244 g/mol. The van der Waals surface area contributed by atoms with E-state index in [-0.39, 0.29) is 6.10 Å². The topological polar surface area (TPSA) is 93.6 Å². The Bertz CT molecular complexity index is 464. The van der Waals surface area contributed by atoms with Crippen molar-refractivity contribution >= 4 is 17.3 Å². The van der Waals surface area contributed by atoms with Crippen molar-refractivity contribution in [3.63, 3.8) is 0 Å². The Morgan fingerprint density at radius 3 is 3.05 bits per heavy atom. The highest BCUT2D eigenvalue weighted by molar-refractivity contribution is 6.00. The van der Waals surface area contributed by atoms with Crippen molar-refractivity contribution in [1.29, 1.82) is 0 Å². The number of nitrogens with two attached hydrogens (primary N) is 2. The number of hydrogen-bond acceptors (Lipinski definition) is 5. The summed E-state index contributed by atoms with van der Waals surface area (Å²) in [7, 11) is 2.07. The number of anilines is 2. The molecule has 19 heavy (non-hydrogen) atoms. The highest BCUT2D eigenvalue weighted by atomic mass is 16.5. The van der Waals surface area contributed by atoms with E-state index in [1.54, 1.807) is 12.1 Å². The second kappa shape index (κ2) is 5.90. The van der Waals surface area contributed by atoms with Crippen molar-refractivity contribution in [2.75, 3.05) is 44.3 Å². The molecule has 6 heteroatoms. The van der Waals surface area contributed by atoms with Gasteiger partial charge in [0.1, 0.15) is 0 Å². The largest absolute Gasteiger partial charge is 0.396 e. The van der Waals surface area contributed by atoms with Gasteiger partial charge in [-0.1, -0.05) is 6.07 Å². The average molecular weight is 264 g/mol. The first-order valence-corrected chi connectivity index (χ1v) is 6.30. The number of para-hydroxylation sites is 1. The van der Waals surface area contributed by atoms with E-state index in [0.717, 1.165) is 19.7 Å². The summed E-state index contributed by atoms with van der Waals surface area (Å²) in [6, 6.07) is 5.20. The minimum Gasteiger partial charge on any atom is -0.396 e. The first-order valence-electron chi connectivity index (χ1n) is 6.30. The number of rotatable bonds is 4. The minimum absolute atomic E-state index is 0.121. The summed E-state index contributed by atoms with van der Waals surface area (Å²) >= 11 is 0. The molecule has 0 saturated carbocycles. The van der Waals surface area contributed by atoms with E-state index < -0.39 is 5.91 Å². The third-order valence-electron chi connectivity index (χ3n) is 3.23. The summed E-state index contributed by atoms with van der Waals surface area (Å²) in [4.78, 5) is 13.4. The molecule has 1 saturated heterocycles. The molecule has 1 aliphatic rings. The second-order valence-corrected chi connectivity index (χ2v) is 4.77. The van der Waals surface area contributed by atoms with Crippen molar-refractivity contribution in [3.8, 4) is 0 Å². The molecule has 2 rings (SSSR count). The Morgan fingerprint density at radius 1 is 1.58 bits per heavy atom. The predicted octanol–water partition coefficient (Wildman–Crippen LogP) is 0.110. The maximum atomic E-state index is 11.2. The van der Waals surface area contributed by atoms with E-state index in [2.05, 4.69) is 17.3 Å². The van der Waals surface area contributed by atoms with Gasteiger partial charge < -0.3 is 26.4 Å². The summed E-state index contributed by atoms with van der Waals surface area (Å²) in [5.41, 5.74) is 12.6. The number of ether oxygens (including phenoxy) is 1. The molecule has 104 valence electrons. The molecule has 1 aliphatic heterocycles. The van der Waals surface area contributed by atoms with Gasteiger partial charge in [0.25, 0.3) is 5.91 Å². The molecule has 0 aliphatic carbocycles. The Balaban J connectivity index is 1.99. The maximum Gasteiger partial charge on any atom is 0.250 e. The van der Waals surface area contributed by atoms with Crippen LogP contribution in [-0.4, -0.2) is 50.2 Å². The molecule has 0 spiro atoms. The summed E-state index contributed by atoms with van der Waals surface area (Å²) in [6.07, 6.45) is 0.121. The molecule has 1 heterocycles. The van der Waals surface area contributed by atoms with E-state index in [1.807, 2.05) is 6.07 Å². The Kier molecular flexibility index (Phi) is 4.24. The first kappa shape index (κ1) is 13.6. The van der Waals surface area contributed by atoms with Gasteiger partial charge in [-0.2, -0.15) is 0 Å². The van der Waals surface area contributed by atoms with Crippen molar-refractivity contribution in [1.82, 2.24) is 4.90 Å². The number of nitrogens with zero attached hydrogens (tertiary/aromatic N) is 1. The third-order valence-corrected chi connectivity index (χ3v) is 3.23. The zero-order chi connectivity index (χ0) is 13.8. The third kappa shape index (κ3) is 3.36. The van der Waals surface area contributed by atoms with Crippen molar-refractivity contribution in [3.05, 3.63) is 23.8 Å². The lowest BCUT2D eigenvalue weighted by atomic mass is 10.1. The van der Waals surface area contributed by atoms with E-state index in [0.29, 0.717) is 23.5 Å². The van der Waals surface area contributed by atoms with E-state index in [1.165, 1.54) is 0 Å². The fourth-order valence-corrected chi connectivity index (χ4v) is 2.15. The Morgan fingerprint density at radius 2 is 2.37 bits per heavy atom. The standard InChI is InChI=1S/C13H20N4O2/c1-17-5-6-19-9(8-17)7-16-11-4-2-3-10(12(11)14)13(15)18/h2-4,9,16H,5-8,14H2,1H3,(H2,15,18). The van der Waals surface area contributed by atoms with Crippen molar-refractivity contribution in [2.45, 2.75) is 6.10 Å². The van der Waals surface area contributed by atoms with Crippen LogP contribution in [0, 0.1) is 0 Å². The molecule has 1 unspecified atom stereocenters. The van der Waals surface area contributed by atoms with Crippen LogP contribution < -0.4 is 16.8 Å². The molecule has 0 aromatic heterocycles. The van der Waals surface area contributed by atoms with Crippen LogP contribution in [0.25, 0.3) is 0 Å². The Labute approximate surface area is 112 Å². The number of amides is 1. The lowest BCUT2D eigenvalue weighted by molar-refractivity contribution is -0.0117.